The van der Waals surface area contributed by atoms with Crippen molar-refractivity contribution in [3.63, 3.8) is 0 Å². The molecule has 1 aromatic heterocycles. The van der Waals surface area contributed by atoms with Gasteiger partial charge in [0.25, 0.3) is 5.56 Å². The van der Waals surface area contributed by atoms with E-state index in [4.69, 9.17) is 27.9 Å². The molecule has 0 spiro atoms. The zero-order valence-electron chi connectivity index (χ0n) is 11.5. The number of ether oxygens (including phenoxy) is 1. The molecule has 0 amide bonds. The number of nitrogens with one attached hydrogen (secondary N) is 1. The van der Waals surface area contributed by atoms with Gasteiger partial charge in [-0.1, -0.05) is 23.2 Å². The second-order valence-corrected chi connectivity index (χ2v) is 5.16. The molecule has 1 N–H and O–H groups in total. The summed E-state index contributed by atoms with van der Waals surface area (Å²) in [5.41, 5.74) is -2.15. The van der Waals surface area contributed by atoms with Gasteiger partial charge in [-0.25, -0.2) is 9.48 Å². The molecule has 124 valence electrons. The molecule has 5 nitrogen and oxygen atoms in total. The maximum atomic E-state index is 12.7. The average Bonchev–Trinajstić information content (AvgIpc) is 2.79. The third-order valence-corrected chi connectivity index (χ3v) is 3.36. The van der Waals surface area contributed by atoms with Crippen LogP contribution in [0.5, 0.6) is 0 Å². The summed E-state index contributed by atoms with van der Waals surface area (Å²) in [6.07, 6.45) is -4.64. The Labute approximate surface area is 137 Å². The molecular weight excluding hydrogens is 360 g/mol. The molecule has 2 rings (SSSR count). The standard InChI is InChI=1S/C13H9Cl2F3N2O3/c1-2-23-12(22)9-5-10(21)20(19-9)11-7(14)3-6(4-8(11)15)13(16,17)18/h3-5,19H,2H2,1H3. The number of esters is 1. The highest BCUT2D eigenvalue weighted by Gasteiger charge is 2.32. The minimum absolute atomic E-state index is 0.0911. The van der Waals surface area contributed by atoms with E-state index in [-0.39, 0.29) is 18.0 Å². The molecular formula is C13H9Cl2F3N2O3. The lowest BCUT2D eigenvalue weighted by molar-refractivity contribution is -0.137. The van der Waals surface area contributed by atoms with Gasteiger partial charge >= 0.3 is 12.1 Å². The summed E-state index contributed by atoms with van der Waals surface area (Å²) in [6, 6.07) is 2.21. The van der Waals surface area contributed by atoms with Gasteiger partial charge in [0.05, 0.1) is 22.2 Å². The van der Waals surface area contributed by atoms with E-state index in [1.807, 2.05) is 0 Å². The van der Waals surface area contributed by atoms with Crippen LogP contribution in [-0.2, 0) is 10.9 Å². The number of halogens is 5. The first kappa shape index (κ1) is 17.4. The van der Waals surface area contributed by atoms with Crippen molar-refractivity contribution < 1.29 is 22.7 Å². The van der Waals surface area contributed by atoms with Crippen LogP contribution in [0.25, 0.3) is 5.69 Å². The Morgan fingerprint density at radius 2 is 1.83 bits per heavy atom. The molecule has 0 fully saturated rings. The Morgan fingerprint density at radius 3 is 2.30 bits per heavy atom. The largest absolute Gasteiger partial charge is 0.461 e. The van der Waals surface area contributed by atoms with E-state index in [1.165, 1.54) is 0 Å². The molecule has 0 aliphatic rings. The van der Waals surface area contributed by atoms with Crippen molar-refractivity contribution >= 4 is 29.2 Å². The second-order valence-electron chi connectivity index (χ2n) is 4.35. The number of aromatic nitrogens is 2. The van der Waals surface area contributed by atoms with Gasteiger partial charge in [-0.05, 0) is 19.1 Å². The van der Waals surface area contributed by atoms with E-state index in [1.54, 1.807) is 6.92 Å². The van der Waals surface area contributed by atoms with Gasteiger partial charge in [-0.3, -0.25) is 9.89 Å². The SMILES string of the molecule is CCOC(=O)c1cc(=O)n(-c2c(Cl)cc(C(F)(F)F)cc2Cl)[nH]1. The molecule has 0 bridgehead atoms. The lowest BCUT2D eigenvalue weighted by Gasteiger charge is -2.12. The van der Waals surface area contributed by atoms with Gasteiger partial charge in [0.1, 0.15) is 11.4 Å². The summed E-state index contributed by atoms with van der Waals surface area (Å²) >= 11 is 11.6. The highest BCUT2D eigenvalue weighted by molar-refractivity contribution is 6.37. The number of aromatic amines is 1. The van der Waals surface area contributed by atoms with Crippen LogP contribution in [0.3, 0.4) is 0 Å². The van der Waals surface area contributed by atoms with Crippen LogP contribution in [0, 0.1) is 0 Å². The normalized spacial score (nSPS) is 11.6. The number of alkyl halides is 3. The molecule has 2 aromatic rings. The minimum atomic E-state index is -4.64. The second kappa shape index (κ2) is 6.29. The van der Waals surface area contributed by atoms with Gasteiger partial charge in [0.15, 0.2) is 0 Å². The fraction of sp³-hybridized carbons (Fsp3) is 0.231. The smallest absolute Gasteiger partial charge is 0.416 e. The molecule has 0 saturated heterocycles. The summed E-state index contributed by atoms with van der Waals surface area (Å²) in [7, 11) is 0. The molecule has 23 heavy (non-hydrogen) atoms. The van der Waals surface area contributed by atoms with Crippen LogP contribution < -0.4 is 5.56 Å². The Kier molecular flexibility index (Phi) is 4.76. The van der Waals surface area contributed by atoms with Gasteiger partial charge in [-0.2, -0.15) is 13.2 Å². The minimum Gasteiger partial charge on any atom is -0.461 e. The Morgan fingerprint density at radius 1 is 1.26 bits per heavy atom. The number of nitrogens with zero attached hydrogens (tertiary/aromatic N) is 1. The van der Waals surface area contributed by atoms with Gasteiger partial charge in [-0.15, -0.1) is 0 Å². The molecule has 0 aliphatic heterocycles. The number of H-pyrrole nitrogens is 1. The van der Waals surface area contributed by atoms with Crippen LogP contribution in [-0.4, -0.2) is 22.4 Å². The molecule has 1 aromatic carbocycles. The first-order valence-corrected chi connectivity index (χ1v) is 6.96. The molecule has 0 saturated carbocycles. The Bertz CT molecular complexity index is 789. The summed E-state index contributed by atoms with van der Waals surface area (Å²) in [4.78, 5) is 23.5. The maximum absolute atomic E-state index is 12.7. The number of benzene rings is 1. The van der Waals surface area contributed by atoms with E-state index in [9.17, 15) is 22.8 Å². The van der Waals surface area contributed by atoms with E-state index >= 15 is 0 Å². The van der Waals surface area contributed by atoms with Crippen LogP contribution in [0.2, 0.25) is 10.0 Å². The summed E-state index contributed by atoms with van der Waals surface area (Å²) in [6.45, 7) is 1.67. The Hall–Kier alpha value is -1.93. The molecule has 0 atom stereocenters. The van der Waals surface area contributed by atoms with Crippen molar-refractivity contribution in [1.82, 2.24) is 9.78 Å². The predicted molar refractivity (Wildman–Crippen MR) is 77.4 cm³/mol. The van der Waals surface area contributed by atoms with Crippen LogP contribution >= 0.6 is 23.2 Å². The monoisotopic (exact) mass is 368 g/mol. The fourth-order valence-corrected chi connectivity index (χ4v) is 2.47. The third kappa shape index (κ3) is 3.53. The molecule has 0 unspecified atom stereocenters. The highest BCUT2D eigenvalue weighted by Crippen LogP contribution is 2.36. The fourth-order valence-electron chi connectivity index (χ4n) is 1.82. The maximum Gasteiger partial charge on any atom is 0.416 e. The number of rotatable bonds is 3. The van der Waals surface area contributed by atoms with Crippen molar-refractivity contribution in [2.24, 2.45) is 0 Å². The summed E-state index contributed by atoms with van der Waals surface area (Å²) in [5, 5.41) is 1.60. The van der Waals surface area contributed by atoms with E-state index < -0.39 is 33.3 Å². The van der Waals surface area contributed by atoms with E-state index in [0.29, 0.717) is 12.1 Å². The highest BCUT2D eigenvalue weighted by atomic mass is 35.5. The quantitative estimate of drug-likeness (QED) is 0.840. The van der Waals surface area contributed by atoms with Gasteiger partial charge < -0.3 is 4.74 Å². The summed E-state index contributed by atoms with van der Waals surface area (Å²) in [5.74, 6) is -0.789. The first-order valence-electron chi connectivity index (χ1n) is 6.21. The number of hydrogen-bond acceptors (Lipinski definition) is 3. The predicted octanol–water partition coefficient (Wildman–Crippen LogP) is 3.67. The first-order chi connectivity index (χ1) is 10.6. The lowest BCUT2D eigenvalue weighted by Crippen LogP contribution is -2.15. The summed E-state index contributed by atoms with van der Waals surface area (Å²) < 4.78 is 43.6. The molecule has 10 heteroatoms. The van der Waals surface area contributed by atoms with Crippen LogP contribution in [0.4, 0.5) is 13.2 Å². The molecule has 1 heterocycles. The van der Waals surface area contributed by atoms with E-state index in [0.717, 1.165) is 10.7 Å². The number of carbonyl (C=O) groups excluding carboxylic acids is 1. The lowest BCUT2D eigenvalue weighted by atomic mass is 10.2. The molecule has 0 radical (unpaired) electrons. The number of hydrogen-bond donors (Lipinski definition) is 1. The van der Waals surface area contributed by atoms with E-state index in [2.05, 4.69) is 5.10 Å². The van der Waals surface area contributed by atoms with Gasteiger partial charge in [0.2, 0.25) is 0 Å². The average molecular weight is 369 g/mol. The van der Waals surface area contributed by atoms with Crippen molar-refractivity contribution in [2.45, 2.75) is 13.1 Å². The zero-order valence-corrected chi connectivity index (χ0v) is 13.0. The molecule has 0 aliphatic carbocycles. The topological polar surface area (TPSA) is 64.1 Å². The van der Waals surface area contributed by atoms with Crippen molar-refractivity contribution in [3.8, 4) is 5.69 Å². The van der Waals surface area contributed by atoms with Crippen molar-refractivity contribution in [3.05, 3.63) is 49.9 Å². The van der Waals surface area contributed by atoms with Crippen molar-refractivity contribution in [2.75, 3.05) is 6.61 Å². The Balaban J connectivity index is 2.56. The van der Waals surface area contributed by atoms with Crippen molar-refractivity contribution in [1.29, 1.82) is 0 Å². The van der Waals surface area contributed by atoms with Crippen LogP contribution in [0.1, 0.15) is 23.0 Å². The third-order valence-electron chi connectivity index (χ3n) is 2.78. The van der Waals surface area contributed by atoms with Gasteiger partial charge in [0, 0.05) is 6.07 Å². The zero-order chi connectivity index (χ0) is 17.4. The van der Waals surface area contributed by atoms with Crippen LogP contribution in [0.15, 0.2) is 23.0 Å². The number of carbonyl (C=O) groups is 1.